The van der Waals surface area contributed by atoms with E-state index in [-0.39, 0.29) is 6.04 Å². The van der Waals surface area contributed by atoms with Gasteiger partial charge in [-0.05, 0) is 32.9 Å². The lowest BCUT2D eigenvalue weighted by Crippen LogP contribution is -2.14. The molecule has 0 aliphatic rings. The highest BCUT2D eigenvalue weighted by atomic mass is 15.1. The minimum absolute atomic E-state index is 0.0280. The van der Waals surface area contributed by atoms with Gasteiger partial charge in [0.25, 0.3) is 0 Å². The normalized spacial score (nSPS) is 13.7. The number of aromatic nitrogens is 2. The third kappa shape index (κ3) is 1.63. The molecule has 1 aromatic carbocycles. The quantitative estimate of drug-likeness (QED) is 0.815. The van der Waals surface area contributed by atoms with Crippen molar-refractivity contribution in [1.29, 1.82) is 0 Å². The Labute approximate surface area is 89.9 Å². The van der Waals surface area contributed by atoms with E-state index in [1.807, 2.05) is 25.1 Å². The van der Waals surface area contributed by atoms with Crippen LogP contribution in [0, 0.1) is 0 Å². The Hall–Kier alpha value is -1.35. The Balaban J connectivity index is 2.75. The number of nitrogens with zero attached hydrogens (tertiary/aromatic N) is 2. The average Bonchev–Trinajstić information content (AvgIpc) is 2.56. The summed E-state index contributed by atoms with van der Waals surface area (Å²) < 4.78 is 2.21. The molecule has 0 fully saturated rings. The van der Waals surface area contributed by atoms with Crippen LogP contribution in [0.4, 0.5) is 0 Å². The summed E-state index contributed by atoms with van der Waals surface area (Å²) in [6, 6.07) is 8.52. The van der Waals surface area contributed by atoms with Gasteiger partial charge >= 0.3 is 0 Å². The van der Waals surface area contributed by atoms with Crippen LogP contribution >= 0.6 is 0 Å². The summed E-state index contributed by atoms with van der Waals surface area (Å²) in [6.45, 7) is 6.28. The van der Waals surface area contributed by atoms with E-state index in [4.69, 9.17) is 5.73 Å². The highest BCUT2D eigenvalue weighted by Crippen LogP contribution is 2.23. The summed E-state index contributed by atoms with van der Waals surface area (Å²) in [5.41, 5.74) is 8.13. The highest BCUT2D eigenvalue weighted by molar-refractivity contribution is 5.76. The van der Waals surface area contributed by atoms with Crippen molar-refractivity contribution >= 4 is 11.0 Å². The van der Waals surface area contributed by atoms with Crippen LogP contribution in [0.2, 0.25) is 0 Å². The molecule has 0 unspecified atom stereocenters. The first-order valence-electron chi connectivity index (χ1n) is 5.33. The Kier molecular flexibility index (Phi) is 2.49. The van der Waals surface area contributed by atoms with Gasteiger partial charge in [-0.25, -0.2) is 4.98 Å². The van der Waals surface area contributed by atoms with E-state index in [1.165, 1.54) is 5.52 Å². The second-order valence-electron chi connectivity index (χ2n) is 4.21. The van der Waals surface area contributed by atoms with Crippen molar-refractivity contribution < 1.29 is 0 Å². The van der Waals surface area contributed by atoms with E-state index in [0.29, 0.717) is 6.04 Å². The Bertz CT molecular complexity index is 469. The van der Waals surface area contributed by atoms with Gasteiger partial charge in [-0.1, -0.05) is 12.1 Å². The molecular formula is C12H17N3. The van der Waals surface area contributed by atoms with E-state index >= 15 is 0 Å². The number of para-hydroxylation sites is 2. The van der Waals surface area contributed by atoms with Gasteiger partial charge in [-0.15, -0.1) is 0 Å². The molecule has 2 N–H and O–H groups in total. The van der Waals surface area contributed by atoms with Gasteiger partial charge in [0.1, 0.15) is 5.82 Å². The maximum atomic E-state index is 5.93. The van der Waals surface area contributed by atoms with Crippen molar-refractivity contribution in [3.8, 4) is 0 Å². The molecular weight excluding hydrogens is 186 g/mol. The molecule has 3 nitrogen and oxygen atoms in total. The first-order chi connectivity index (χ1) is 7.11. The fraction of sp³-hybridized carbons (Fsp3) is 0.417. The predicted octanol–water partition coefficient (Wildman–Crippen LogP) is 2.64. The molecule has 1 heterocycles. The first-order valence-corrected chi connectivity index (χ1v) is 5.33. The molecule has 0 saturated heterocycles. The summed E-state index contributed by atoms with van der Waals surface area (Å²) in [5, 5.41) is 0. The minimum Gasteiger partial charge on any atom is -0.324 e. The summed E-state index contributed by atoms with van der Waals surface area (Å²) in [5.74, 6) is 0.964. The SMILES string of the molecule is CC(C)n1c([C@@H](C)N)nc2ccccc21. The maximum Gasteiger partial charge on any atom is 0.126 e. The van der Waals surface area contributed by atoms with Gasteiger partial charge in [0.05, 0.1) is 17.1 Å². The van der Waals surface area contributed by atoms with E-state index in [2.05, 4.69) is 29.5 Å². The molecule has 0 aliphatic carbocycles. The van der Waals surface area contributed by atoms with Crippen LogP contribution in [0.1, 0.15) is 38.7 Å². The topological polar surface area (TPSA) is 43.8 Å². The van der Waals surface area contributed by atoms with Crippen molar-refractivity contribution in [1.82, 2.24) is 9.55 Å². The summed E-state index contributed by atoms with van der Waals surface area (Å²) in [4.78, 5) is 4.57. The van der Waals surface area contributed by atoms with Gasteiger partial charge in [0.15, 0.2) is 0 Å². The minimum atomic E-state index is -0.0280. The maximum absolute atomic E-state index is 5.93. The van der Waals surface area contributed by atoms with Crippen LogP contribution < -0.4 is 5.73 Å². The number of fused-ring (bicyclic) bond motifs is 1. The van der Waals surface area contributed by atoms with Gasteiger partial charge in [0.2, 0.25) is 0 Å². The van der Waals surface area contributed by atoms with E-state index in [9.17, 15) is 0 Å². The van der Waals surface area contributed by atoms with Crippen LogP contribution in [0.15, 0.2) is 24.3 Å². The Morgan fingerprint density at radius 1 is 1.20 bits per heavy atom. The van der Waals surface area contributed by atoms with Gasteiger partial charge in [0, 0.05) is 6.04 Å². The van der Waals surface area contributed by atoms with Crippen LogP contribution in [-0.4, -0.2) is 9.55 Å². The second-order valence-corrected chi connectivity index (χ2v) is 4.21. The molecule has 15 heavy (non-hydrogen) atoms. The standard InChI is InChI=1S/C12H17N3/c1-8(2)15-11-7-5-4-6-10(11)14-12(15)9(3)13/h4-9H,13H2,1-3H3/t9-/m1/s1. The van der Waals surface area contributed by atoms with Crippen molar-refractivity contribution in [3.63, 3.8) is 0 Å². The third-order valence-electron chi connectivity index (χ3n) is 2.55. The van der Waals surface area contributed by atoms with Crippen LogP contribution in [0.5, 0.6) is 0 Å². The van der Waals surface area contributed by atoms with E-state index < -0.39 is 0 Å². The van der Waals surface area contributed by atoms with Gasteiger partial charge in [-0.2, -0.15) is 0 Å². The zero-order chi connectivity index (χ0) is 11.0. The molecule has 2 rings (SSSR count). The van der Waals surface area contributed by atoms with Crippen molar-refractivity contribution in [2.75, 3.05) is 0 Å². The molecule has 1 atom stereocenters. The predicted molar refractivity (Wildman–Crippen MR) is 62.7 cm³/mol. The van der Waals surface area contributed by atoms with E-state index in [0.717, 1.165) is 11.3 Å². The zero-order valence-corrected chi connectivity index (χ0v) is 9.44. The fourth-order valence-corrected chi connectivity index (χ4v) is 1.93. The zero-order valence-electron chi connectivity index (χ0n) is 9.44. The molecule has 80 valence electrons. The van der Waals surface area contributed by atoms with Crippen LogP contribution in [0.25, 0.3) is 11.0 Å². The second kappa shape index (κ2) is 3.66. The molecule has 0 aliphatic heterocycles. The molecule has 0 radical (unpaired) electrons. The lowest BCUT2D eigenvalue weighted by atomic mass is 10.2. The van der Waals surface area contributed by atoms with Gasteiger partial charge < -0.3 is 10.3 Å². The van der Waals surface area contributed by atoms with Crippen molar-refractivity contribution in [2.45, 2.75) is 32.9 Å². The monoisotopic (exact) mass is 203 g/mol. The number of benzene rings is 1. The molecule has 0 bridgehead atoms. The molecule has 2 aromatic rings. The number of rotatable bonds is 2. The molecule has 0 spiro atoms. The van der Waals surface area contributed by atoms with Gasteiger partial charge in [-0.3, -0.25) is 0 Å². The molecule has 1 aromatic heterocycles. The molecule has 0 saturated carbocycles. The summed E-state index contributed by atoms with van der Waals surface area (Å²) >= 11 is 0. The largest absolute Gasteiger partial charge is 0.324 e. The van der Waals surface area contributed by atoms with Crippen LogP contribution in [-0.2, 0) is 0 Å². The first kappa shape index (κ1) is 10.2. The summed E-state index contributed by atoms with van der Waals surface area (Å²) in [7, 11) is 0. The number of hydrogen-bond donors (Lipinski definition) is 1. The number of imidazole rings is 1. The average molecular weight is 203 g/mol. The summed E-state index contributed by atoms with van der Waals surface area (Å²) in [6.07, 6.45) is 0. The smallest absolute Gasteiger partial charge is 0.126 e. The van der Waals surface area contributed by atoms with Crippen molar-refractivity contribution in [3.05, 3.63) is 30.1 Å². The Morgan fingerprint density at radius 2 is 1.87 bits per heavy atom. The Morgan fingerprint density at radius 3 is 2.47 bits per heavy atom. The lowest BCUT2D eigenvalue weighted by molar-refractivity contribution is 0.558. The number of nitrogens with two attached hydrogens (primary N) is 1. The highest BCUT2D eigenvalue weighted by Gasteiger charge is 2.15. The fourth-order valence-electron chi connectivity index (χ4n) is 1.93. The van der Waals surface area contributed by atoms with Crippen molar-refractivity contribution in [2.24, 2.45) is 5.73 Å². The molecule has 0 amide bonds. The van der Waals surface area contributed by atoms with E-state index in [1.54, 1.807) is 0 Å². The van der Waals surface area contributed by atoms with Crippen LogP contribution in [0.3, 0.4) is 0 Å². The third-order valence-corrected chi connectivity index (χ3v) is 2.55. The lowest BCUT2D eigenvalue weighted by Gasteiger charge is -2.14. The molecule has 3 heteroatoms. The number of hydrogen-bond acceptors (Lipinski definition) is 2.